The van der Waals surface area contributed by atoms with Gasteiger partial charge in [0.15, 0.2) is 0 Å². The van der Waals surface area contributed by atoms with Gasteiger partial charge in [-0.05, 0) is 31.5 Å². The molecule has 1 aromatic carbocycles. The van der Waals surface area contributed by atoms with Crippen LogP contribution in [0.15, 0.2) is 30.5 Å². The van der Waals surface area contributed by atoms with Crippen LogP contribution in [-0.4, -0.2) is 17.8 Å². The van der Waals surface area contributed by atoms with Crippen LogP contribution in [-0.2, 0) is 11.3 Å². The van der Waals surface area contributed by atoms with Gasteiger partial charge in [0.25, 0.3) is 0 Å². The average Bonchev–Trinajstić information content (AvgIpc) is 2.70. The predicted octanol–water partition coefficient (Wildman–Crippen LogP) is 3.72. The summed E-state index contributed by atoms with van der Waals surface area (Å²) in [5, 5.41) is 1.95. The highest BCUT2D eigenvalue weighted by Crippen LogP contribution is 2.24. The highest BCUT2D eigenvalue weighted by Gasteiger charge is 2.03. The molecule has 3 heteroatoms. The number of halogens is 1. The molecule has 0 atom stereocenters. The van der Waals surface area contributed by atoms with Gasteiger partial charge < -0.3 is 9.30 Å². The van der Waals surface area contributed by atoms with Gasteiger partial charge in [-0.3, -0.25) is 0 Å². The lowest BCUT2D eigenvalue weighted by atomic mass is 10.2. The maximum absolute atomic E-state index is 6.12. The van der Waals surface area contributed by atoms with Crippen LogP contribution in [0.25, 0.3) is 10.9 Å². The first kappa shape index (κ1) is 11.5. The van der Waals surface area contributed by atoms with E-state index >= 15 is 0 Å². The third-order valence-corrected chi connectivity index (χ3v) is 2.98. The number of ether oxygens (including phenoxy) is 1. The van der Waals surface area contributed by atoms with Crippen molar-refractivity contribution in [2.24, 2.45) is 0 Å². The SMILES string of the molecule is CCOCCCn1ccc2c(Cl)cccc21. The molecule has 0 aliphatic rings. The maximum atomic E-state index is 6.12. The van der Waals surface area contributed by atoms with E-state index < -0.39 is 0 Å². The highest BCUT2D eigenvalue weighted by molar-refractivity contribution is 6.35. The highest BCUT2D eigenvalue weighted by atomic mass is 35.5. The molecule has 0 spiro atoms. The summed E-state index contributed by atoms with van der Waals surface area (Å²) in [6.07, 6.45) is 3.12. The average molecular weight is 238 g/mol. The minimum atomic E-state index is 0.790. The molecular weight excluding hydrogens is 222 g/mol. The number of benzene rings is 1. The number of rotatable bonds is 5. The van der Waals surface area contributed by atoms with Gasteiger partial charge in [0.05, 0.1) is 0 Å². The Morgan fingerprint density at radius 2 is 2.19 bits per heavy atom. The molecule has 0 saturated heterocycles. The lowest BCUT2D eigenvalue weighted by Crippen LogP contribution is -2.01. The van der Waals surface area contributed by atoms with Gasteiger partial charge in [0.1, 0.15) is 0 Å². The summed E-state index contributed by atoms with van der Waals surface area (Å²) >= 11 is 6.12. The first-order chi connectivity index (χ1) is 7.83. The Kier molecular flexibility index (Phi) is 3.86. The van der Waals surface area contributed by atoms with Crippen LogP contribution < -0.4 is 0 Å². The third kappa shape index (κ3) is 2.39. The number of aromatic nitrogens is 1. The first-order valence-corrected chi connectivity index (χ1v) is 6.02. The van der Waals surface area contributed by atoms with Crippen molar-refractivity contribution < 1.29 is 4.74 Å². The van der Waals surface area contributed by atoms with E-state index in [2.05, 4.69) is 22.9 Å². The lowest BCUT2D eigenvalue weighted by molar-refractivity contribution is 0.142. The Morgan fingerprint density at radius 3 is 3.00 bits per heavy atom. The van der Waals surface area contributed by atoms with Gasteiger partial charge in [0, 0.05) is 41.9 Å². The molecule has 0 saturated carbocycles. The minimum absolute atomic E-state index is 0.790. The second-order valence-electron chi connectivity index (χ2n) is 3.73. The maximum Gasteiger partial charge on any atom is 0.0499 e. The van der Waals surface area contributed by atoms with E-state index in [1.807, 2.05) is 19.1 Å². The monoisotopic (exact) mass is 237 g/mol. The van der Waals surface area contributed by atoms with Crippen molar-refractivity contribution in [3.05, 3.63) is 35.5 Å². The molecule has 16 heavy (non-hydrogen) atoms. The molecule has 2 aromatic rings. The largest absolute Gasteiger partial charge is 0.382 e. The fraction of sp³-hybridized carbons (Fsp3) is 0.385. The van der Waals surface area contributed by atoms with E-state index in [0.717, 1.165) is 36.6 Å². The summed E-state index contributed by atoms with van der Waals surface area (Å²) in [6, 6.07) is 8.08. The second-order valence-corrected chi connectivity index (χ2v) is 4.14. The van der Waals surface area contributed by atoms with Crippen LogP contribution in [0.3, 0.4) is 0 Å². The van der Waals surface area contributed by atoms with E-state index in [-0.39, 0.29) is 0 Å². The fourth-order valence-electron chi connectivity index (χ4n) is 1.86. The Hall–Kier alpha value is -0.990. The quantitative estimate of drug-likeness (QED) is 0.723. The molecule has 0 bridgehead atoms. The van der Waals surface area contributed by atoms with E-state index in [1.165, 1.54) is 5.52 Å². The van der Waals surface area contributed by atoms with Crippen molar-refractivity contribution in [3.63, 3.8) is 0 Å². The number of aryl methyl sites for hydroxylation is 1. The molecule has 1 aromatic heterocycles. The van der Waals surface area contributed by atoms with Crippen molar-refractivity contribution in [2.45, 2.75) is 19.9 Å². The fourth-order valence-corrected chi connectivity index (χ4v) is 2.09. The van der Waals surface area contributed by atoms with Crippen molar-refractivity contribution in [1.82, 2.24) is 4.57 Å². The van der Waals surface area contributed by atoms with Gasteiger partial charge in [0.2, 0.25) is 0 Å². The summed E-state index contributed by atoms with van der Waals surface area (Å²) in [6.45, 7) is 4.60. The molecule has 86 valence electrons. The van der Waals surface area contributed by atoms with Crippen molar-refractivity contribution in [2.75, 3.05) is 13.2 Å². The smallest absolute Gasteiger partial charge is 0.0499 e. The van der Waals surface area contributed by atoms with Gasteiger partial charge >= 0.3 is 0 Å². The summed E-state index contributed by atoms with van der Waals surface area (Å²) in [7, 11) is 0. The summed E-state index contributed by atoms with van der Waals surface area (Å²) in [5.41, 5.74) is 1.20. The number of hydrogen-bond donors (Lipinski definition) is 0. The predicted molar refractivity (Wildman–Crippen MR) is 68.1 cm³/mol. The van der Waals surface area contributed by atoms with Gasteiger partial charge in [-0.15, -0.1) is 0 Å². The molecule has 0 amide bonds. The number of nitrogens with zero attached hydrogens (tertiary/aromatic N) is 1. The molecular formula is C13H16ClNO. The van der Waals surface area contributed by atoms with Gasteiger partial charge in [-0.25, -0.2) is 0 Å². The van der Waals surface area contributed by atoms with Crippen LogP contribution in [0.2, 0.25) is 5.02 Å². The molecule has 1 heterocycles. The standard InChI is InChI=1S/C13H16ClNO/c1-2-16-10-4-8-15-9-7-11-12(14)5-3-6-13(11)15/h3,5-7,9H,2,4,8,10H2,1H3. The van der Waals surface area contributed by atoms with Crippen LogP contribution in [0.5, 0.6) is 0 Å². The van der Waals surface area contributed by atoms with Crippen LogP contribution in [0, 0.1) is 0 Å². The van der Waals surface area contributed by atoms with E-state index in [4.69, 9.17) is 16.3 Å². The van der Waals surface area contributed by atoms with Gasteiger partial charge in [-0.2, -0.15) is 0 Å². The molecule has 2 rings (SSSR count). The minimum Gasteiger partial charge on any atom is -0.382 e. The van der Waals surface area contributed by atoms with Crippen LogP contribution in [0.4, 0.5) is 0 Å². The van der Waals surface area contributed by atoms with Gasteiger partial charge in [-0.1, -0.05) is 17.7 Å². The van der Waals surface area contributed by atoms with E-state index in [1.54, 1.807) is 0 Å². The van der Waals surface area contributed by atoms with Crippen LogP contribution >= 0.6 is 11.6 Å². The van der Waals surface area contributed by atoms with E-state index in [9.17, 15) is 0 Å². The topological polar surface area (TPSA) is 14.2 Å². The lowest BCUT2D eigenvalue weighted by Gasteiger charge is -2.05. The summed E-state index contributed by atoms with van der Waals surface area (Å²) in [4.78, 5) is 0. The molecule has 0 fully saturated rings. The Morgan fingerprint density at radius 1 is 1.31 bits per heavy atom. The van der Waals surface area contributed by atoms with Crippen molar-refractivity contribution in [1.29, 1.82) is 0 Å². The zero-order valence-electron chi connectivity index (χ0n) is 9.45. The number of hydrogen-bond acceptors (Lipinski definition) is 1. The first-order valence-electron chi connectivity index (χ1n) is 5.64. The molecule has 0 radical (unpaired) electrons. The summed E-state index contributed by atoms with van der Waals surface area (Å²) in [5.74, 6) is 0. The molecule has 0 aliphatic heterocycles. The zero-order chi connectivity index (χ0) is 11.4. The molecule has 0 unspecified atom stereocenters. The van der Waals surface area contributed by atoms with Crippen molar-refractivity contribution in [3.8, 4) is 0 Å². The molecule has 2 nitrogen and oxygen atoms in total. The second kappa shape index (κ2) is 5.37. The Bertz CT molecular complexity index is 464. The molecule has 0 aliphatic carbocycles. The summed E-state index contributed by atoms with van der Waals surface area (Å²) < 4.78 is 7.55. The van der Waals surface area contributed by atoms with E-state index in [0.29, 0.717) is 0 Å². The van der Waals surface area contributed by atoms with Crippen LogP contribution in [0.1, 0.15) is 13.3 Å². The van der Waals surface area contributed by atoms with Crippen molar-refractivity contribution >= 4 is 22.5 Å². The normalized spacial score (nSPS) is 11.1. The zero-order valence-corrected chi connectivity index (χ0v) is 10.2. The molecule has 0 N–H and O–H groups in total. The third-order valence-electron chi connectivity index (χ3n) is 2.65. The Balaban J connectivity index is 2.10. The Labute approximate surface area is 101 Å². The number of fused-ring (bicyclic) bond motifs is 1.